The van der Waals surface area contributed by atoms with Gasteiger partial charge in [0.25, 0.3) is 5.91 Å². The van der Waals surface area contributed by atoms with E-state index in [0.29, 0.717) is 23.0 Å². The number of carbonyl (C=O) groups excluding carboxylic acids is 2. The second-order valence-corrected chi connectivity index (χ2v) is 10.8. The van der Waals surface area contributed by atoms with Gasteiger partial charge in [-0.25, -0.2) is 8.42 Å². The van der Waals surface area contributed by atoms with E-state index in [1.54, 1.807) is 38.4 Å². The Labute approximate surface area is 178 Å². The molecule has 1 fully saturated rings. The van der Waals surface area contributed by atoms with Crippen molar-refractivity contribution in [1.82, 2.24) is 10.2 Å². The molecule has 0 bridgehead atoms. The molecular weight excluding hydrogens is 410 g/mol. The molecule has 1 aliphatic carbocycles. The molecule has 1 aromatic carbocycles. The minimum Gasteiger partial charge on any atom is -0.354 e. The predicted molar refractivity (Wildman–Crippen MR) is 119 cm³/mol. The molecule has 0 aromatic heterocycles. The minimum absolute atomic E-state index is 0.171. The highest BCUT2D eigenvalue weighted by molar-refractivity contribution is 7.99. The van der Waals surface area contributed by atoms with E-state index in [1.807, 2.05) is 11.8 Å². The van der Waals surface area contributed by atoms with Crippen LogP contribution in [-0.4, -0.2) is 69.6 Å². The third kappa shape index (κ3) is 7.54. The number of anilines is 1. The van der Waals surface area contributed by atoms with Gasteiger partial charge in [-0.05, 0) is 37.1 Å². The van der Waals surface area contributed by atoms with Gasteiger partial charge in [-0.3, -0.25) is 13.9 Å². The quantitative estimate of drug-likeness (QED) is 0.595. The molecule has 0 saturated heterocycles. The number of sulfonamides is 1. The van der Waals surface area contributed by atoms with Crippen molar-refractivity contribution in [3.63, 3.8) is 0 Å². The van der Waals surface area contributed by atoms with Crippen molar-refractivity contribution in [3.05, 3.63) is 29.8 Å². The lowest BCUT2D eigenvalue weighted by molar-refractivity contribution is -0.119. The van der Waals surface area contributed by atoms with E-state index < -0.39 is 10.0 Å². The van der Waals surface area contributed by atoms with Gasteiger partial charge in [0.05, 0.1) is 11.9 Å². The molecule has 1 N–H and O–H groups in total. The van der Waals surface area contributed by atoms with E-state index in [0.717, 1.165) is 16.3 Å². The molecule has 0 unspecified atom stereocenters. The molecule has 1 aliphatic rings. The summed E-state index contributed by atoms with van der Waals surface area (Å²) in [6, 6.07) is 6.22. The number of carbonyl (C=O) groups is 2. The highest BCUT2D eigenvalue weighted by Gasteiger charge is 2.21. The van der Waals surface area contributed by atoms with Crippen LogP contribution in [0, 0.1) is 0 Å². The summed E-state index contributed by atoms with van der Waals surface area (Å²) in [5.74, 6) is 0.320. The van der Waals surface area contributed by atoms with Crippen molar-refractivity contribution < 1.29 is 18.0 Å². The first-order valence-corrected chi connectivity index (χ1v) is 12.8. The standard InChI is InChI=1S/C20H31N3O4S2/c1-22(2)20(25)16-9-11-17(12-10-16)23(29(3,26)27)15-19(24)21-13-14-28-18-7-5-4-6-8-18/h9-12,18H,4-8,13-15H2,1-3H3,(H,21,24). The third-order valence-electron chi connectivity index (χ3n) is 4.83. The zero-order valence-electron chi connectivity index (χ0n) is 17.4. The first-order valence-electron chi connectivity index (χ1n) is 9.86. The van der Waals surface area contributed by atoms with Gasteiger partial charge in [0.2, 0.25) is 15.9 Å². The molecule has 2 rings (SSSR count). The zero-order valence-corrected chi connectivity index (χ0v) is 19.0. The molecule has 2 amide bonds. The van der Waals surface area contributed by atoms with Gasteiger partial charge < -0.3 is 10.2 Å². The topological polar surface area (TPSA) is 86.8 Å². The summed E-state index contributed by atoms with van der Waals surface area (Å²) in [6.07, 6.45) is 7.44. The lowest BCUT2D eigenvalue weighted by Crippen LogP contribution is -2.41. The summed E-state index contributed by atoms with van der Waals surface area (Å²) in [7, 11) is -0.341. The number of hydrogen-bond acceptors (Lipinski definition) is 5. The van der Waals surface area contributed by atoms with Gasteiger partial charge in [0.1, 0.15) is 6.54 Å². The molecule has 0 atom stereocenters. The summed E-state index contributed by atoms with van der Waals surface area (Å²) < 4.78 is 25.5. The molecule has 1 aromatic rings. The maximum absolute atomic E-state index is 12.3. The Kier molecular flexibility index (Phi) is 8.82. The highest BCUT2D eigenvalue weighted by Crippen LogP contribution is 2.27. The van der Waals surface area contributed by atoms with E-state index in [9.17, 15) is 18.0 Å². The van der Waals surface area contributed by atoms with Crippen LogP contribution in [0.3, 0.4) is 0 Å². The molecule has 0 aliphatic heterocycles. The van der Waals surface area contributed by atoms with Gasteiger partial charge in [-0.1, -0.05) is 19.3 Å². The maximum atomic E-state index is 12.3. The van der Waals surface area contributed by atoms with Crippen molar-refractivity contribution in [1.29, 1.82) is 0 Å². The molecule has 0 spiro atoms. The summed E-state index contributed by atoms with van der Waals surface area (Å²) in [6.45, 7) is 0.238. The molecular formula is C20H31N3O4S2. The Balaban J connectivity index is 1.91. The average molecular weight is 442 g/mol. The normalized spacial score (nSPS) is 15.0. The van der Waals surface area contributed by atoms with E-state index in [1.165, 1.54) is 37.0 Å². The SMILES string of the molecule is CN(C)C(=O)c1ccc(N(CC(=O)NCCSC2CCCCC2)S(C)(=O)=O)cc1. The lowest BCUT2D eigenvalue weighted by Gasteiger charge is -2.23. The number of hydrogen-bond donors (Lipinski definition) is 1. The van der Waals surface area contributed by atoms with Gasteiger partial charge in [0.15, 0.2) is 0 Å². The lowest BCUT2D eigenvalue weighted by atomic mass is 10.0. The van der Waals surface area contributed by atoms with Crippen LogP contribution in [-0.2, 0) is 14.8 Å². The number of thioether (sulfide) groups is 1. The van der Waals surface area contributed by atoms with Crippen molar-refractivity contribution >= 4 is 39.3 Å². The Morgan fingerprint density at radius 1 is 1.10 bits per heavy atom. The van der Waals surface area contributed by atoms with Crippen molar-refractivity contribution in [2.45, 2.75) is 37.4 Å². The van der Waals surface area contributed by atoms with Gasteiger partial charge in [0, 0.05) is 37.2 Å². The fourth-order valence-electron chi connectivity index (χ4n) is 3.26. The summed E-state index contributed by atoms with van der Waals surface area (Å²) >= 11 is 1.88. The third-order valence-corrected chi connectivity index (χ3v) is 7.35. The summed E-state index contributed by atoms with van der Waals surface area (Å²) in [5.41, 5.74) is 0.811. The second-order valence-electron chi connectivity index (χ2n) is 7.50. The van der Waals surface area contributed by atoms with E-state index in [-0.39, 0.29) is 18.4 Å². The molecule has 1 saturated carbocycles. The largest absolute Gasteiger partial charge is 0.354 e. The fraction of sp³-hybridized carbons (Fsp3) is 0.600. The van der Waals surface area contributed by atoms with Crippen LogP contribution in [0.5, 0.6) is 0 Å². The number of benzene rings is 1. The van der Waals surface area contributed by atoms with Crippen LogP contribution in [0.15, 0.2) is 24.3 Å². The van der Waals surface area contributed by atoms with Crippen LogP contribution in [0.25, 0.3) is 0 Å². The molecule has 0 radical (unpaired) electrons. The molecule has 7 nitrogen and oxygen atoms in total. The van der Waals surface area contributed by atoms with Crippen LogP contribution in [0.2, 0.25) is 0 Å². The number of nitrogens with zero attached hydrogens (tertiary/aromatic N) is 2. The van der Waals surface area contributed by atoms with Gasteiger partial charge >= 0.3 is 0 Å². The maximum Gasteiger partial charge on any atom is 0.253 e. The Morgan fingerprint density at radius 2 is 1.72 bits per heavy atom. The first kappa shape index (κ1) is 23.5. The first-order chi connectivity index (χ1) is 13.7. The Morgan fingerprint density at radius 3 is 2.28 bits per heavy atom. The minimum atomic E-state index is -3.64. The monoisotopic (exact) mass is 441 g/mol. The van der Waals surface area contributed by atoms with E-state index in [4.69, 9.17) is 0 Å². The molecule has 0 heterocycles. The molecule has 29 heavy (non-hydrogen) atoms. The number of amides is 2. The predicted octanol–water partition coefficient (Wildman–Crippen LogP) is 2.34. The van der Waals surface area contributed by atoms with Crippen LogP contribution >= 0.6 is 11.8 Å². The Bertz CT molecular complexity index is 788. The van der Waals surface area contributed by atoms with Crippen LogP contribution in [0.4, 0.5) is 5.69 Å². The van der Waals surface area contributed by atoms with Crippen molar-refractivity contribution in [3.8, 4) is 0 Å². The average Bonchev–Trinajstić information content (AvgIpc) is 2.69. The summed E-state index contributed by atoms with van der Waals surface area (Å²) in [4.78, 5) is 25.7. The van der Waals surface area contributed by atoms with Crippen molar-refractivity contribution in [2.75, 3.05) is 43.5 Å². The van der Waals surface area contributed by atoms with E-state index in [2.05, 4.69) is 5.32 Å². The van der Waals surface area contributed by atoms with Gasteiger partial charge in [-0.2, -0.15) is 11.8 Å². The van der Waals surface area contributed by atoms with Crippen LogP contribution in [0.1, 0.15) is 42.5 Å². The zero-order chi connectivity index (χ0) is 21.4. The second kappa shape index (κ2) is 10.9. The van der Waals surface area contributed by atoms with Crippen molar-refractivity contribution in [2.24, 2.45) is 0 Å². The number of rotatable bonds is 9. The van der Waals surface area contributed by atoms with Crippen LogP contribution < -0.4 is 9.62 Å². The Hall–Kier alpha value is -1.74. The molecule has 9 heteroatoms. The molecule has 162 valence electrons. The smallest absolute Gasteiger partial charge is 0.253 e. The summed E-state index contributed by atoms with van der Waals surface area (Å²) in [5, 5.41) is 3.49. The highest BCUT2D eigenvalue weighted by atomic mass is 32.2. The number of nitrogens with one attached hydrogen (secondary N) is 1. The fourth-order valence-corrected chi connectivity index (χ4v) is 5.34. The van der Waals surface area contributed by atoms with E-state index >= 15 is 0 Å². The van der Waals surface area contributed by atoms with Gasteiger partial charge in [-0.15, -0.1) is 0 Å².